The number of fused-ring (bicyclic) bond motifs is 1. The average molecular weight is 298 g/mol. The fourth-order valence-electron chi connectivity index (χ4n) is 2.25. The standard InChI is InChI=1S/C18H16ClNO/c19-18-9-13(11-20)5-6-16(18)12-21-17-8-7-14-3-1-2-4-15(14)10-17/h1-10H,11-12,20H2. The molecule has 0 aliphatic heterocycles. The maximum absolute atomic E-state index is 6.23. The van der Waals surface area contributed by atoms with Crippen LogP contribution in [0.2, 0.25) is 5.02 Å². The van der Waals surface area contributed by atoms with Crippen LogP contribution in [0.1, 0.15) is 11.1 Å². The average Bonchev–Trinajstić information content (AvgIpc) is 2.53. The lowest BCUT2D eigenvalue weighted by molar-refractivity contribution is 0.306. The van der Waals surface area contributed by atoms with Crippen LogP contribution >= 0.6 is 11.6 Å². The Morgan fingerprint density at radius 1 is 0.905 bits per heavy atom. The van der Waals surface area contributed by atoms with Crippen LogP contribution < -0.4 is 10.5 Å². The van der Waals surface area contributed by atoms with Crippen LogP contribution in [-0.2, 0) is 13.2 Å². The molecule has 0 heterocycles. The van der Waals surface area contributed by atoms with Gasteiger partial charge in [0.1, 0.15) is 12.4 Å². The Morgan fingerprint density at radius 3 is 2.48 bits per heavy atom. The van der Waals surface area contributed by atoms with E-state index in [9.17, 15) is 0 Å². The van der Waals surface area contributed by atoms with E-state index in [1.807, 2.05) is 42.5 Å². The summed E-state index contributed by atoms with van der Waals surface area (Å²) in [7, 11) is 0. The number of ether oxygens (including phenoxy) is 1. The van der Waals surface area contributed by atoms with Crippen molar-refractivity contribution < 1.29 is 4.74 Å². The number of benzene rings is 3. The molecular formula is C18H16ClNO. The van der Waals surface area contributed by atoms with E-state index < -0.39 is 0 Å². The highest BCUT2D eigenvalue weighted by molar-refractivity contribution is 6.31. The predicted octanol–water partition coefficient (Wildman–Crippen LogP) is 4.53. The van der Waals surface area contributed by atoms with Gasteiger partial charge in [-0.25, -0.2) is 0 Å². The molecule has 3 aromatic rings. The molecule has 3 rings (SSSR count). The van der Waals surface area contributed by atoms with Crippen LogP contribution in [0.3, 0.4) is 0 Å². The summed E-state index contributed by atoms with van der Waals surface area (Å²) in [5, 5.41) is 3.06. The van der Waals surface area contributed by atoms with Crippen LogP contribution in [0, 0.1) is 0 Å². The molecule has 0 aromatic heterocycles. The quantitative estimate of drug-likeness (QED) is 0.768. The summed E-state index contributed by atoms with van der Waals surface area (Å²) in [5.41, 5.74) is 7.58. The summed E-state index contributed by atoms with van der Waals surface area (Å²) in [6, 6.07) is 20.1. The van der Waals surface area contributed by atoms with Gasteiger partial charge in [-0.15, -0.1) is 0 Å². The van der Waals surface area contributed by atoms with Crippen LogP contribution in [0.25, 0.3) is 10.8 Å². The first-order valence-electron chi connectivity index (χ1n) is 6.85. The van der Waals surface area contributed by atoms with Crippen LogP contribution in [0.4, 0.5) is 0 Å². The molecule has 2 nitrogen and oxygen atoms in total. The minimum absolute atomic E-state index is 0.446. The van der Waals surface area contributed by atoms with Crippen molar-refractivity contribution in [2.45, 2.75) is 13.2 Å². The second kappa shape index (κ2) is 6.17. The van der Waals surface area contributed by atoms with Crippen molar-refractivity contribution in [3.63, 3.8) is 0 Å². The fraction of sp³-hybridized carbons (Fsp3) is 0.111. The smallest absolute Gasteiger partial charge is 0.120 e. The molecule has 0 fully saturated rings. The second-order valence-corrected chi connectivity index (χ2v) is 5.33. The van der Waals surface area contributed by atoms with Crippen LogP contribution in [0.15, 0.2) is 60.7 Å². The summed E-state index contributed by atoms with van der Waals surface area (Å²) in [6.45, 7) is 0.938. The highest BCUT2D eigenvalue weighted by atomic mass is 35.5. The Labute approximate surface area is 129 Å². The van der Waals surface area contributed by atoms with Gasteiger partial charge in [-0.05, 0) is 34.5 Å². The van der Waals surface area contributed by atoms with Gasteiger partial charge < -0.3 is 10.5 Å². The maximum Gasteiger partial charge on any atom is 0.120 e. The molecule has 0 aliphatic rings. The molecule has 3 heteroatoms. The van der Waals surface area contributed by atoms with Crippen LogP contribution in [-0.4, -0.2) is 0 Å². The molecule has 0 atom stereocenters. The summed E-state index contributed by atoms with van der Waals surface area (Å²) in [6.07, 6.45) is 0. The Bertz CT molecular complexity index is 770. The molecule has 0 unspecified atom stereocenters. The van der Waals surface area contributed by atoms with E-state index in [4.69, 9.17) is 22.1 Å². The third-order valence-corrected chi connectivity index (χ3v) is 3.82. The van der Waals surface area contributed by atoms with Crippen molar-refractivity contribution in [2.24, 2.45) is 5.73 Å². The van der Waals surface area contributed by atoms with E-state index in [0.717, 1.165) is 16.9 Å². The van der Waals surface area contributed by atoms with Gasteiger partial charge in [0.2, 0.25) is 0 Å². The molecule has 2 N–H and O–H groups in total. The van der Waals surface area contributed by atoms with Gasteiger partial charge in [0, 0.05) is 17.1 Å². The number of hydrogen-bond donors (Lipinski definition) is 1. The van der Waals surface area contributed by atoms with Gasteiger partial charge in [0.25, 0.3) is 0 Å². The molecule has 3 aromatic carbocycles. The maximum atomic E-state index is 6.23. The first-order valence-corrected chi connectivity index (χ1v) is 7.23. The van der Waals surface area contributed by atoms with Gasteiger partial charge in [0.15, 0.2) is 0 Å². The van der Waals surface area contributed by atoms with E-state index in [1.54, 1.807) is 0 Å². The molecule has 0 radical (unpaired) electrons. The molecule has 0 aliphatic carbocycles. The zero-order chi connectivity index (χ0) is 14.7. The minimum Gasteiger partial charge on any atom is -0.489 e. The van der Waals surface area contributed by atoms with Crippen molar-refractivity contribution >= 4 is 22.4 Å². The van der Waals surface area contributed by atoms with E-state index >= 15 is 0 Å². The summed E-state index contributed by atoms with van der Waals surface area (Å²) < 4.78 is 5.84. The summed E-state index contributed by atoms with van der Waals surface area (Å²) >= 11 is 6.23. The Hall–Kier alpha value is -2.03. The van der Waals surface area contributed by atoms with E-state index in [1.165, 1.54) is 10.8 Å². The normalized spacial score (nSPS) is 10.8. The number of halogens is 1. The molecule has 21 heavy (non-hydrogen) atoms. The van der Waals surface area contributed by atoms with Crippen molar-refractivity contribution in [3.8, 4) is 5.75 Å². The monoisotopic (exact) mass is 297 g/mol. The second-order valence-electron chi connectivity index (χ2n) is 4.93. The third-order valence-electron chi connectivity index (χ3n) is 3.47. The van der Waals surface area contributed by atoms with Gasteiger partial charge >= 0.3 is 0 Å². The first kappa shape index (κ1) is 13.9. The van der Waals surface area contributed by atoms with Crippen molar-refractivity contribution in [2.75, 3.05) is 0 Å². The molecule has 0 bridgehead atoms. The van der Waals surface area contributed by atoms with Crippen molar-refractivity contribution in [1.29, 1.82) is 0 Å². The molecular weight excluding hydrogens is 282 g/mol. The molecule has 0 spiro atoms. The van der Waals surface area contributed by atoms with E-state index in [-0.39, 0.29) is 0 Å². The summed E-state index contributed by atoms with van der Waals surface area (Å²) in [5.74, 6) is 0.840. The SMILES string of the molecule is NCc1ccc(COc2ccc3ccccc3c2)c(Cl)c1. The fourth-order valence-corrected chi connectivity index (χ4v) is 2.51. The highest BCUT2D eigenvalue weighted by Gasteiger charge is 2.03. The lowest BCUT2D eigenvalue weighted by Crippen LogP contribution is -2.00. The summed E-state index contributed by atoms with van der Waals surface area (Å²) in [4.78, 5) is 0. The van der Waals surface area contributed by atoms with Crippen LogP contribution in [0.5, 0.6) is 5.75 Å². The van der Waals surface area contributed by atoms with Gasteiger partial charge in [-0.2, -0.15) is 0 Å². The van der Waals surface area contributed by atoms with E-state index in [0.29, 0.717) is 18.2 Å². The molecule has 0 amide bonds. The Kier molecular flexibility index (Phi) is 4.09. The van der Waals surface area contributed by atoms with Gasteiger partial charge in [0.05, 0.1) is 0 Å². The topological polar surface area (TPSA) is 35.2 Å². The largest absolute Gasteiger partial charge is 0.489 e. The number of hydrogen-bond acceptors (Lipinski definition) is 2. The lowest BCUT2D eigenvalue weighted by atomic mass is 10.1. The molecule has 0 saturated heterocycles. The third kappa shape index (κ3) is 3.18. The van der Waals surface area contributed by atoms with Crippen molar-refractivity contribution in [1.82, 2.24) is 0 Å². The van der Waals surface area contributed by atoms with Crippen molar-refractivity contribution in [3.05, 3.63) is 76.8 Å². The van der Waals surface area contributed by atoms with Gasteiger partial charge in [-0.3, -0.25) is 0 Å². The van der Waals surface area contributed by atoms with E-state index in [2.05, 4.69) is 18.2 Å². The highest BCUT2D eigenvalue weighted by Crippen LogP contribution is 2.23. The predicted molar refractivity (Wildman–Crippen MR) is 87.6 cm³/mol. The Balaban J connectivity index is 1.77. The zero-order valence-corrected chi connectivity index (χ0v) is 12.3. The minimum atomic E-state index is 0.446. The number of nitrogens with two attached hydrogens (primary N) is 1. The Morgan fingerprint density at radius 2 is 1.71 bits per heavy atom. The lowest BCUT2D eigenvalue weighted by Gasteiger charge is -2.09. The molecule has 0 saturated carbocycles. The zero-order valence-electron chi connectivity index (χ0n) is 11.6. The van der Waals surface area contributed by atoms with Gasteiger partial charge in [-0.1, -0.05) is 54.1 Å². The first-order chi connectivity index (χ1) is 10.3. The molecule has 106 valence electrons. The number of rotatable bonds is 4.